The third kappa shape index (κ3) is 4.84. The molecule has 0 saturated heterocycles. The molecule has 0 fully saturated rings. The summed E-state index contributed by atoms with van der Waals surface area (Å²) in [5, 5.41) is 0. The topological polar surface area (TPSA) is 82.3 Å². The lowest BCUT2D eigenvalue weighted by Crippen LogP contribution is -2.22. The number of nitrogens with one attached hydrogen (secondary N) is 1. The number of rotatable bonds is 5. The van der Waals surface area contributed by atoms with Gasteiger partial charge in [-0.3, -0.25) is 0 Å². The second-order valence-corrected chi connectivity index (χ2v) is 5.09. The Labute approximate surface area is 109 Å². The number of nitrogens with zero attached hydrogens (tertiary/aromatic N) is 2. The maximum Gasteiger partial charge on any atom is 0.233 e. The van der Waals surface area contributed by atoms with Gasteiger partial charge in [0, 0.05) is 0 Å². The fourth-order valence-electron chi connectivity index (χ4n) is 1.04. The van der Waals surface area contributed by atoms with Gasteiger partial charge < -0.3 is 14.9 Å². The van der Waals surface area contributed by atoms with Gasteiger partial charge in [-0.15, -0.1) is 0 Å². The molecular formula is C10H17BrN4O2. The summed E-state index contributed by atoms with van der Waals surface area (Å²) in [6, 6.07) is 0. The Morgan fingerprint density at radius 1 is 1.35 bits per heavy atom. The van der Waals surface area contributed by atoms with E-state index in [2.05, 4.69) is 31.3 Å². The molecule has 3 N–H and O–H groups in total. The molecule has 96 valence electrons. The van der Waals surface area contributed by atoms with Crippen LogP contribution in [0.25, 0.3) is 0 Å². The molecule has 1 heterocycles. The summed E-state index contributed by atoms with van der Waals surface area (Å²) >= 11 is 3.30. The number of hydrogen-bond donors (Lipinski definition) is 2. The molecule has 0 spiro atoms. The van der Waals surface area contributed by atoms with Crippen LogP contribution in [0.15, 0.2) is 10.8 Å². The van der Waals surface area contributed by atoms with Crippen LogP contribution in [0.2, 0.25) is 0 Å². The van der Waals surface area contributed by atoms with Crippen molar-refractivity contribution in [2.24, 2.45) is 5.84 Å². The lowest BCUT2D eigenvalue weighted by atomic mass is 10.2. The normalized spacial score (nSPS) is 11.4. The Kier molecular flexibility index (Phi) is 5.10. The zero-order chi connectivity index (χ0) is 12.9. The molecule has 1 aromatic rings. The zero-order valence-corrected chi connectivity index (χ0v) is 11.7. The summed E-state index contributed by atoms with van der Waals surface area (Å²) in [6.45, 7) is 6.88. The quantitative estimate of drug-likeness (QED) is 0.490. The average molecular weight is 305 g/mol. The fourth-order valence-corrected chi connectivity index (χ4v) is 1.47. The molecule has 0 aromatic carbocycles. The third-order valence-corrected chi connectivity index (χ3v) is 2.47. The van der Waals surface area contributed by atoms with Crippen LogP contribution in [0, 0.1) is 0 Å². The van der Waals surface area contributed by atoms with Crippen LogP contribution in [0.5, 0.6) is 5.88 Å². The molecule has 6 nitrogen and oxygen atoms in total. The molecule has 0 aliphatic rings. The van der Waals surface area contributed by atoms with E-state index >= 15 is 0 Å². The smallest absolute Gasteiger partial charge is 0.233 e. The van der Waals surface area contributed by atoms with Crippen molar-refractivity contribution in [1.82, 2.24) is 9.97 Å². The molecule has 17 heavy (non-hydrogen) atoms. The molecule has 7 heteroatoms. The van der Waals surface area contributed by atoms with Crippen LogP contribution in [-0.4, -0.2) is 28.8 Å². The summed E-state index contributed by atoms with van der Waals surface area (Å²) in [5.41, 5.74) is 2.27. The van der Waals surface area contributed by atoms with Crippen molar-refractivity contribution in [3.05, 3.63) is 10.8 Å². The summed E-state index contributed by atoms with van der Waals surface area (Å²) in [7, 11) is 0. The van der Waals surface area contributed by atoms with Crippen molar-refractivity contribution >= 4 is 21.7 Å². The minimum atomic E-state index is -0.170. The molecule has 0 atom stereocenters. The number of aromatic nitrogens is 2. The van der Waals surface area contributed by atoms with Gasteiger partial charge in [-0.2, -0.15) is 0 Å². The van der Waals surface area contributed by atoms with Crippen molar-refractivity contribution in [2.75, 3.05) is 18.6 Å². The largest absolute Gasteiger partial charge is 0.474 e. The maximum absolute atomic E-state index is 5.52. The first-order valence-electron chi connectivity index (χ1n) is 5.18. The molecule has 1 rings (SSSR count). The molecule has 0 unspecified atom stereocenters. The highest BCUT2D eigenvalue weighted by Gasteiger charge is 2.11. The highest BCUT2D eigenvalue weighted by molar-refractivity contribution is 9.10. The molecule has 0 amide bonds. The zero-order valence-electron chi connectivity index (χ0n) is 10.2. The van der Waals surface area contributed by atoms with Gasteiger partial charge >= 0.3 is 0 Å². The van der Waals surface area contributed by atoms with Crippen molar-refractivity contribution in [2.45, 2.75) is 26.4 Å². The van der Waals surface area contributed by atoms with Crippen molar-refractivity contribution in [3.63, 3.8) is 0 Å². The van der Waals surface area contributed by atoms with Gasteiger partial charge in [0.25, 0.3) is 0 Å². The second-order valence-electron chi connectivity index (χ2n) is 4.30. The van der Waals surface area contributed by atoms with Gasteiger partial charge in [-0.05, 0) is 36.7 Å². The van der Waals surface area contributed by atoms with E-state index in [1.165, 1.54) is 6.33 Å². The molecule has 0 radical (unpaired) electrons. The highest BCUT2D eigenvalue weighted by Crippen LogP contribution is 2.27. The highest BCUT2D eigenvalue weighted by atomic mass is 79.9. The lowest BCUT2D eigenvalue weighted by molar-refractivity contribution is -0.0169. The molecule has 0 bridgehead atoms. The van der Waals surface area contributed by atoms with E-state index in [0.717, 1.165) is 0 Å². The predicted octanol–water partition coefficient (Wildman–Crippen LogP) is 1.72. The monoisotopic (exact) mass is 304 g/mol. The SMILES string of the molecule is CC(C)(C)OCCOc1ncnc(NN)c1Br. The first kappa shape index (κ1) is 14.1. The minimum absolute atomic E-state index is 0.170. The standard InChI is InChI=1S/C10H17BrN4O2/c1-10(2,3)17-5-4-16-9-7(11)8(15-12)13-6-14-9/h6H,4-5,12H2,1-3H3,(H,13,14,15). The van der Waals surface area contributed by atoms with Crippen molar-refractivity contribution in [1.29, 1.82) is 0 Å². The third-order valence-electron chi connectivity index (χ3n) is 1.75. The van der Waals surface area contributed by atoms with E-state index < -0.39 is 0 Å². The van der Waals surface area contributed by atoms with Gasteiger partial charge in [0.05, 0.1) is 12.2 Å². The van der Waals surface area contributed by atoms with E-state index in [4.69, 9.17) is 15.3 Å². The molecule has 0 aliphatic heterocycles. The maximum atomic E-state index is 5.52. The first-order chi connectivity index (χ1) is 7.94. The Balaban J connectivity index is 2.47. The molecule has 0 aliphatic carbocycles. The minimum Gasteiger partial charge on any atom is -0.474 e. The van der Waals surface area contributed by atoms with Gasteiger partial charge in [0.1, 0.15) is 17.4 Å². The Hall–Kier alpha value is -0.920. The Morgan fingerprint density at radius 2 is 2.06 bits per heavy atom. The van der Waals surface area contributed by atoms with Crippen LogP contribution in [0.4, 0.5) is 5.82 Å². The summed E-state index contributed by atoms with van der Waals surface area (Å²) in [4.78, 5) is 7.91. The predicted molar refractivity (Wildman–Crippen MR) is 68.7 cm³/mol. The number of halogens is 1. The molecule has 1 aromatic heterocycles. The first-order valence-corrected chi connectivity index (χ1v) is 5.97. The molecule has 0 saturated carbocycles. The van der Waals surface area contributed by atoms with Crippen molar-refractivity contribution < 1.29 is 9.47 Å². The number of hydrogen-bond acceptors (Lipinski definition) is 6. The van der Waals surface area contributed by atoms with E-state index in [-0.39, 0.29) is 5.60 Å². The van der Waals surface area contributed by atoms with Gasteiger partial charge in [-0.25, -0.2) is 15.8 Å². The number of hydrazine groups is 1. The number of nitrogen functional groups attached to an aromatic ring is 1. The fraction of sp³-hybridized carbons (Fsp3) is 0.600. The molecular weight excluding hydrogens is 288 g/mol. The summed E-state index contributed by atoms with van der Waals surface area (Å²) in [5.74, 6) is 6.20. The van der Waals surface area contributed by atoms with E-state index in [9.17, 15) is 0 Å². The van der Waals surface area contributed by atoms with E-state index in [1.807, 2.05) is 20.8 Å². The number of anilines is 1. The van der Waals surface area contributed by atoms with E-state index in [1.54, 1.807) is 0 Å². The van der Waals surface area contributed by atoms with Crippen LogP contribution in [0.3, 0.4) is 0 Å². The number of nitrogens with two attached hydrogens (primary N) is 1. The summed E-state index contributed by atoms with van der Waals surface area (Å²) < 4.78 is 11.6. The Morgan fingerprint density at radius 3 is 2.65 bits per heavy atom. The van der Waals surface area contributed by atoms with Gasteiger partial charge in [0.2, 0.25) is 5.88 Å². The Bertz CT molecular complexity index is 368. The van der Waals surface area contributed by atoms with Crippen molar-refractivity contribution in [3.8, 4) is 5.88 Å². The number of ether oxygens (including phenoxy) is 2. The van der Waals surface area contributed by atoms with Gasteiger partial charge in [0.15, 0.2) is 5.82 Å². The van der Waals surface area contributed by atoms with Crippen LogP contribution < -0.4 is 16.0 Å². The summed E-state index contributed by atoms with van der Waals surface area (Å²) in [6.07, 6.45) is 1.37. The van der Waals surface area contributed by atoms with Gasteiger partial charge in [-0.1, -0.05) is 0 Å². The van der Waals surface area contributed by atoms with Crippen LogP contribution in [-0.2, 0) is 4.74 Å². The lowest BCUT2D eigenvalue weighted by Gasteiger charge is -2.19. The van der Waals surface area contributed by atoms with Crippen LogP contribution in [0.1, 0.15) is 20.8 Å². The average Bonchev–Trinajstić information content (AvgIpc) is 2.25. The second kappa shape index (κ2) is 6.13. The van der Waals surface area contributed by atoms with E-state index in [0.29, 0.717) is 29.4 Å². The van der Waals surface area contributed by atoms with Crippen LogP contribution >= 0.6 is 15.9 Å².